The highest BCUT2D eigenvalue weighted by Crippen LogP contribution is 2.20. The molecule has 90 valence electrons. The van der Waals surface area contributed by atoms with E-state index in [1.54, 1.807) is 23.1 Å². The minimum Gasteiger partial charge on any atom is -0.508 e. The lowest BCUT2D eigenvalue weighted by atomic mass is 10.1. The molecule has 1 amide bonds. The zero-order chi connectivity index (χ0) is 12.4. The van der Waals surface area contributed by atoms with Crippen molar-refractivity contribution in [3.8, 4) is 5.75 Å². The minimum atomic E-state index is -0.0101. The fourth-order valence-corrected chi connectivity index (χ4v) is 1.88. The van der Waals surface area contributed by atoms with Crippen LogP contribution in [0.15, 0.2) is 29.8 Å². The Labute approximate surface area is 101 Å². The first kappa shape index (κ1) is 11.7. The second-order valence-electron chi connectivity index (χ2n) is 4.55. The summed E-state index contributed by atoms with van der Waals surface area (Å²) in [6.07, 6.45) is 3.01. The SMILES string of the molecule is CC1=CCN(C(=O)c2ccc(C)c(O)c2)CC1. The summed E-state index contributed by atoms with van der Waals surface area (Å²) in [4.78, 5) is 14.0. The lowest BCUT2D eigenvalue weighted by molar-refractivity contribution is 0.0768. The van der Waals surface area contributed by atoms with Gasteiger partial charge in [0.15, 0.2) is 0 Å². The van der Waals surface area contributed by atoms with Gasteiger partial charge in [-0.25, -0.2) is 0 Å². The standard InChI is InChI=1S/C14H17NO2/c1-10-5-7-15(8-6-10)14(17)12-4-3-11(2)13(16)9-12/h3-5,9,16H,6-8H2,1-2H3. The molecule has 17 heavy (non-hydrogen) atoms. The van der Waals surface area contributed by atoms with E-state index in [1.165, 1.54) is 5.57 Å². The summed E-state index contributed by atoms with van der Waals surface area (Å²) in [7, 11) is 0. The molecule has 0 atom stereocenters. The molecule has 1 aliphatic rings. The van der Waals surface area contributed by atoms with E-state index in [0.717, 1.165) is 18.5 Å². The number of amides is 1. The van der Waals surface area contributed by atoms with Crippen molar-refractivity contribution in [3.63, 3.8) is 0 Å². The third-order valence-electron chi connectivity index (χ3n) is 3.18. The normalized spacial score (nSPS) is 15.6. The van der Waals surface area contributed by atoms with E-state index in [-0.39, 0.29) is 11.7 Å². The van der Waals surface area contributed by atoms with Crippen LogP contribution in [0.2, 0.25) is 0 Å². The summed E-state index contributed by atoms with van der Waals surface area (Å²) >= 11 is 0. The van der Waals surface area contributed by atoms with Crippen LogP contribution in [0.1, 0.15) is 29.3 Å². The monoisotopic (exact) mass is 231 g/mol. The summed E-state index contributed by atoms with van der Waals surface area (Å²) in [5.74, 6) is 0.170. The molecule has 1 aliphatic heterocycles. The van der Waals surface area contributed by atoms with Crippen LogP contribution in [0.4, 0.5) is 0 Å². The second-order valence-corrected chi connectivity index (χ2v) is 4.55. The van der Waals surface area contributed by atoms with Crippen LogP contribution in [0, 0.1) is 6.92 Å². The summed E-state index contributed by atoms with van der Waals surface area (Å²) in [6, 6.07) is 5.08. The van der Waals surface area contributed by atoms with E-state index >= 15 is 0 Å². The van der Waals surface area contributed by atoms with E-state index in [1.807, 2.05) is 6.92 Å². The fourth-order valence-electron chi connectivity index (χ4n) is 1.88. The lowest BCUT2D eigenvalue weighted by Gasteiger charge is -2.25. The van der Waals surface area contributed by atoms with Gasteiger partial charge >= 0.3 is 0 Å². The molecule has 0 bridgehead atoms. The maximum atomic E-state index is 12.2. The zero-order valence-electron chi connectivity index (χ0n) is 10.2. The van der Waals surface area contributed by atoms with Crippen LogP contribution in [-0.4, -0.2) is 29.0 Å². The molecular weight excluding hydrogens is 214 g/mol. The second kappa shape index (κ2) is 4.62. The van der Waals surface area contributed by atoms with E-state index in [4.69, 9.17) is 0 Å². The van der Waals surface area contributed by atoms with E-state index in [0.29, 0.717) is 12.1 Å². The van der Waals surface area contributed by atoms with Crippen molar-refractivity contribution in [2.45, 2.75) is 20.3 Å². The molecule has 0 aliphatic carbocycles. The van der Waals surface area contributed by atoms with Gasteiger partial charge in [-0.05, 0) is 38.0 Å². The molecule has 0 fully saturated rings. The van der Waals surface area contributed by atoms with Gasteiger partial charge in [-0.2, -0.15) is 0 Å². The van der Waals surface area contributed by atoms with Crippen molar-refractivity contribution in [1.29, 1.82) is 0 Å². The fraction of sp³-hybridized carbons (Fsp3) is 0.357. The Morgan fingerprint density at radius 2 is 2.12 bits per heavy atom. The number of aromatic hydroxyl groups is 1. The van der Waals surface area contributed by atoms with Crippen LogP contribution < -0.4 is 0 Å². The van der Waals surface area contributed by atoms with Crippen LogP contribution in [-0.2, 0) is 0 Å². The van der Waals surface area contributed by atoms with Crippen LogP contribution in [0.5, 0.6) is 5.75 Å². The Bertz CT molecular complexity index is 477. The highest BCUT2D eigenvalue weighted by atomic mass is 16.3. The number of rotatable bonds is 1. The Kier molecular flexibility index (Phi) is 3.18. The number of hydrogen-bond donors (Lipinski definition) is 1. The highest BCUT2D eigenvalue weighted by molar-refractivity contribution is 5.95. The van der Waals surface area contributed by atoms with Crippen molar-refractivity contribution in [2.24, 2.45) is 0 Å². The number of aryl methyl sites for hydroxylation is 1. The van der Waals surface area contributed by atoms with Gasteiger partial charge in [0.2, 0.25) is 0 Å². The van der Waals surface area contributed by atoms with Gasteiger partial charge in [-0.3, -0.25) is 4.79 Å². The van der Waals surface area contributed by atoms with Crippen molar-refractivity contribution in [2.75, 3.05) is 13.1 Å². The molecule has 1 heterocycles. The van der Waals surface area contributed by atoms with E-state index < -0.39 is 0 Å². The number of carbonyl (C=O) groups excluding carboxylic acids is 1. The van der Waals surface area contributed by atoms with Crippen molar-refractivity contribution >= 4 is 5.91 Å². The Balaban J connectivity index is 2.17. The summed E-state index contributed by atoms with van der Waals surface area (Å²) in [5, 5.41) is 9.61. The maximum absolute atomic E-state index is 12.2. The summed E-state index contributed by atoms with van der Waals surface area (Å²) < 4.78 is 0. The molecule has 1 aromatic rings. The number of phenols is 1. The molecule has 3 nitrogen and oxygen atoms in total. The van der Waals surface area contributed by atoms with E-state index in [2.05, 4.69) is 13.0 Å². The Hall–Kier alpha value is -1.77. The number of phenolic OH excluding ortho intramolecular Hbond substituents is 1. The average molecular weight is 231 g/mol. The highest BCUT2D eigenvalue weighted by Gasteiger charge is 2.17. The Morgan fingerprint density at radius 1 is 1.35 bits per heavy atom. The van der Waals surface area contributed by atoms with Gasteiger partial charge in [-0.1, -0.05) is 17.7 Å². The van der Waals surface area contributed by atoms with Gasteiger partial charge in [0.1, 0.15) is 5.75 Å². The molecule has 0 spiro atoms. The number of hydrogen-bond acceptors (Lipinski definition) is 2. The molecule has 2 rings (SSSR count). The predicted octanol–water partition coefficient (Wildman–Crippen LogP) is 2.49. The molecular formula is C14H17NO2. The molecule has 0 unspecified atom stereocenters. The molecule has 0 radical (unpaired) electrons. The van der Waals surface area contributed by atoms with Crippen molar-refractivity contribution in [1.82, 2.24) is 4.90 Å². The number of carbonyl (C=O) groups is 1. The molecule has 0 aromatic heterocycles. The quantitative estimate of drug-likeness (QED) is 0.754. The van der Waals surface area contributed by atoms with Crippen LogP contribution in [0.25, 0.3) is 0 Å². The van der Waals surface area contributed by atoms with Gasteiger partial charge in [0.05, 0.1) is 0 Å². The number of nitrogens with zero attached hydrogens (tertiary/aromatic N) is 1. The molecule has 1 aromatic carbocycles. The minimum absolute atomic E-state index is 0.0101. The third kappa shape index (κ3) is 2.49. The molecule has 1 N–H and O–H groups in total. The van der Waals surface area contributed by atoms with Crippen LogP contribution >= 0.6 is 0 Å². The van der Waals surface area contributed by atoms with Crippen molar-refractivity contribution in [3.05, 3.63) is 41.0 Å². The summed E-state index contributed by atoms with van der Waals surface area (Å²) in [6.45, 7) is 5.32. The first-order chi connectivity index (χ1) is 8.08. The first-order valence-corrected chi connectivity index (χ1v) is 5.82. The summed E-state index contributed by atoms with van der Waals surface area (Å²) in [5.41, 5.74) is 2.68. The lowest BCUT2D eigenvalue weighted by Crippen LogP contribution is -2.34. The topological polar surface area (TPSA) is 40.5 Å². The largest absolute Gasteiger partial charge is 0.508 e. The van der Waals surface area contributed by atoms with Gasteiger partial charge in [0.25, 0.3) is 5.91 Å². The van der Waals surface area contributed by atoms with Gasteiger partial charge in [-0.15, -0.1) is 0 Å². The predicted molar refractivity (Wildman–Crippen MR) is 67.1 cm³/mol. The molecule has 3 heteroatoms. The average Bonchev–Trinajstić information content (AvgIpc) is 2.33. The maximum Gasteiger partial charge on any atom is 0.254 e. The van der Waals surface area contributed by atoms with Crippen LogP contribution in [0.3, 0.4) is 0 Å². The van der Waals surface area contributed by atoms with Gasteiger partial charge in [0, 0.05) is 18.7 Å². The first-order valence-electron chi connectivity index (χ1n) is 5.82. The van der Waals surface area contributed by atoms with Crippen molar-refractivity contribution < 1.29 is 9.90 Å². The third-order valence-corrected chi connectivity index (χ3v) is 3.18. The Morgan fingerprint density at radius 3 is 2.71 bits per heavy atom. The number of benzene rings is 1. The van der Waals surface area contributed by atoms with E-state index in [9.17, 15) is 9.90 Å². The smallest absolute Gasteiger partial charge is 0.254 e. The van der Waals surface area contributed by atoms with Gasteiger partial charge < -0.3 is 10.0 Å². The molecule has 0 saturated carbocycles. The zero-order valence-corrected chi connectivity index (χ0v) is 10.2. The molecule has 0 saturated heterocycles.